The van der Waals surface area contributed by atoms with E-state index >= 15 is 0 Å². The van der Waals surface area contributed by atoms with Crippen LogP contribution in [0.15, 0.2) is 30.3 Å². The Balaban J connectivity index is 1.96. The number of carbonyl (C=O) groups excluding carboxylic acids is 4. The Labute approximate surface area is 120 Å². The van der Waals surface area contributed by atoms with Crippen LogP contribution in [0.5, 0.6) is 0 Å². The van der Waals surface area contributed by atoms with E-state index in [4.69, 9.17) is 5.73 Å². The van der Waals surface area contributed by atoms with Gasteiger partial charge < -0.3 is 11.1 Å². The molecule has 2 rings (SSSR count). The third kappa shape index (κ3) is 3.35. The molecule has 1 heterocycles. The number of imide groups is 2. The van der Waals surface area contributed by atoms with E-state index in [1.807, 2.05) is 30.3 Å². The van der Waals surface area contributed by atoms with Crippen molar-refractivity contribution < 1.29 is 19.2 Å². The molecule has 1 saturated heterocycles. The predicted molar refractivity (Wildman–Crippen MR) is 71.7 cm³/mol. The van der Waals surface area contributed by atoms with Gasteiger partial charge in [0.1, 0.15) is 13.1 Å². The van der Waals surface area contributed by atoms with Gasteiger partial charge in [-0.05, 0) is 5.56 Å². The van der Waals surface area contributed by atoms with Crippen molar-refractivity contribution in [2.75, 3.05) is 13.1 Å². The first kappa shape index (κ1) is 14.5. The molecule has 8 nitrogen and oxygen atoms in total. The lowest BCUT2D eigenvalue weighted by molar-refractivity contribution is -0.129. The third-order valence-corrected chi connectivity index (χ3v) is 2.90. The summed E-state index contributed by atoms with van der Waals surface area (Å²) in [5, 5.41) is 2.54. The Kier molecular flexibility index (Phi) is 4.17. The minimum Gasteiger partial charge on any atom is -0.368 e. The lowest BCUT2D eigenvalue weighted by Gasteiger charge is -2.15. The summed E-state index contributed by atoms with van der Waals surface area (Å²) in [5.74, 6) is -1.45. The Bertz CT molecular complexity index is 587. The molecule has 21 heavy (non-hydrogen) atoms. The highest BCUT2D eigenvalue weighted by molar-refractivity contribution is 6.11. The van der Waals surface area contributed by atoms with E-state index in [9.17, 15) is 19.2 Å². The first-order valence-corrected chi connectivity index (χ1v) is 6.21. The summed E-state index contributed by atoms with van der Waals surface area (Å²) in [6.07, 6.45) is 0. The Morgan fingerprint density at radius 1 is 1.19 bits per heavy atom. The van der Waals surface area contributed by atoms with Crippen molar-refractivity contribution in [2.24, 2.45) is 5.73 Å². The summed E-state index contributed by atoms with van der Waals surface area (Å²) in [6.45, 7) is -0.694. The molecule has 1 aliphatic rings. The molecule has 0 aliphatic carbocycles. The van der Waals surface area contributed by atoms with Gasteiger partial charge >= 0.3 is 12.1 Å². The number of hydrogen-bond acceptors (Lipinski definition) is 4. The molecule has 110 valence electrons. The molecule has 0 radical (unpaired) electrons. The number of benzene rings is 1. The minimum atomic E-state index is -0.843. The molecule has 3 N–H and O–H groups in total. The zero-order valence-electron chi connectivity index (χ0n) is 11.1. The van der Waals surface area contributed by atoms with Crippen LogP contribution >= 0.6 is 0 Å². The normalized spacial score (nSPS) is 14.5. The van der Waals surface area contributed by atoms with Crippen LogP contribution in [0, 0.1) is 0 Å². The van der Waals surface area contributed by atoms with E-state index in [1.165, 1.54) is 0 Å². The lowest BCUT2D eigenvalue weighted by Crippen LogP contribution is -2.44. The zero-order chi connectivity index (χ0) is 15.4. The van der Waals surface area contributed by atoms with Gasteiger partial charge in [-0.3, -0.25) is 14.5 Å². The number of rotatable bonds is 4. The average Bonchev–Trinajstić information content (AvgIpc) is 2.73. The fourth-order valence-electron chi connectivity index (χ4n) is 1.88. The molecular weight excluding hydrogens is 276 g/mol. The maximum absolute atomic E-state index is 11.9. The smallest absolute Gasteiger partial charge is 0.335 e. The molecule has 0 spiro atoms. The number of urea groups is 2. The summed E-state index contributed by atoms with van der Waals surface area (Å²) < 4.78 is 0. The van der Waals surface area contributed by atoms with Gasteiger partial charge in [-0.2, -0.15) is 0 Å². The van der Waals surface area contributed by atoms with Crippen LogP contribution in [0.4, 0.5) is 9.59 Å². The van der Waals surface area contributed by atoms with E-state index < -0.39 is 37.0 Å². The second-order valence-corrected chi connectivity index (χ2v) is 4.46. The average molecular weight is 290 g/mol. The number of carbonyl (C=O) groups is 4. The second kappa shape index (κ2) is 6.04. The van der Waals surface area contributed by atoms with Gasteiger partial charge in [0.2, 0.25) is 5.91 Å². The third-order valence-electron chi connectivity index (χ3n) is 2.90. The molecule has 0 aromatic heterocycles. The summed E-state index contributed by atoms with van der Waals surface area (Å²) >= 11 is 0. The first-order valence-electron chi connectivity index (χ1n) is 6.21. The highest BCUT2D eigenvalue weighted by Gasteiger charge is 2.40. The van der Waals surface area contributed by atoms with E-state index in [2.05, 4.69) is 5.32 Å². The number of nitrogens with two attached hydrogens (primary N) is 1. The van der Waals surface area contributed by atoms with Crippen LogP contribution in [0.2, 0.25) is 0 Å². The number of amides is 6. The van der Waals surface area contributed by atoms with Crippen LogP contribution in [0.3, 0.4) is 0 Å². The summed E-state index contributed by atoms with van der Waals surface area (Å²) in [7, 11) is 0. The largest absolute Gasteiger partial charge is 0.368 e. The van der Waals surface area contributed by atoms with Gasteiger partial charge in [-0.1, -0.05) is 30.3 Å². The molecule has 0 atom stereocenters. The van der Waals surface area contributed by atoms with E-state index in [-0.39, 0.29) is 6.54 Å². The van der Waals surface area contributed by atoms with Gasteiger partial charge in [-0.15, -0.1) is 0 Å². The van der Waals surface area contributed by atoms with Gasteiger partial charge in [-0.25, -0.2) is 14.5 Å². The molecule has 1 fully saturated rings. The standard InChI is InChI=1S/C13H14N4O4/c14-10(18)7-16-11(19)8-17(13(16)21)12(20)15-6-9-4-2-1-3-5-9/h1-5H,6-8H2,(H2,14,18)(H,15,20). The summed E-state index contributed by atoms with van der Waals surface area (Å²) in [6, 6.07) is 7.58. The van der Waals surface area contributed by atoms with E-state index in [1.54, 1.807) is 0 Å². The maximum Gasteiger partial charge on any atom is 0.335 e. The second-order valence-electron chi connectivity index (χ2n) is 4.46. The molecular formula is C13H14N4O4. The molecule has 1 aliphatic heterocycles. The molecule has 0 unspecified atom stereocenters. The van der Waals surface area contributed by atoms with E-state index in [0.717, 1.165) is 10.5 Å². The molecule has 8 heteroatoms. The number of nitrogens with one attached hydrogen (secondary N) is 1. The highest BCUT2D eigenvalue weighted by atomic mass is 16.2. The molecule has 1 aromatic rings. The lowest BCUT2D eigenvalue weighted by atomic mass is 10.2. The highest BCUT2D eigenvalue weighted by Crippen LogP contribution is 2.10. The van der Waals surface area contributed by atoms with Crippen LogP contribution in [0.25, 0.3) is 0 Å². The monoisotopic (exact) mass is 290 g/mol. The fourth-order valence-corrected chi connectivity index (χ4v) is 1.88. The fraction of sp³-hybridized carbons (Fsp3) is 0.231. The molecule has 1 aromatic carbocycles. The van der Waals surface area contributed by atoms with Gasteiger partial charge in [0.15, 0.2) is 0 Å². The zero-order valence-corrected chi connectivity index (χ0v) is 11.1. The van der Waals surface area contributed by atoms with Gasteiger partial charge in [0.25, 0.3) is 5.91 Å². The Hall–Kier alpha value is -2.90. The number of primary amides is 1. The molecule has 0 saturated carbocycles. The quantitative estimate of drug-likeness (QED) is 0.737. The van der Waals surface area contributed by atoms with Crippen LogP contribution in [0.1, 0.15) is 5.56 Å². The van der Waals surface area contributed by atoms with Crippen molar-refractivity contribution in [2.45, 2.75) is 6.54 Å². The van der Waals surface area contributed by atoms with Crippen molar-refractivity contribution in [1.82, 2.24) is 15.1 Å². The van der Waals surface area contributed by atoms with Crippen molar-refractivity contribution >= 4 is 23.9 Å². The molecule has 0 bridgehead atoms. The topological polar surface area (TPSA) is 113 Å². The maximum atomic E-state index is 11.9. The Morgan fingerprint density at radius 2 is 1.86 bits per heavy atom. The predicted octanol–water partition coefficient (Wildman–Crippen LogP) is -0.354. The number of nitrogens with zero attached hydrogens (tertiary/aromatic N) is 2. The van der Waals surface area contributed by atoms with Crippen LogP contribution in [-0.4, -0.2) is 46.8 Å². The van der Waals surface area contributed by atoms with Gasteiger partial charge in [0.05, 0.1) is 0 Å². The van der Waals surface area contributed by atoms with Crippen LogP contribution < -0.4 is 11.1 Å². The van der Waals surface area contributed by atoms with E-state index in [0.29, 0.717) is 4.90 Å². The van der Waals surface area contributed by atoms with Crippen LogP contribution in [-0.2, 0) is 16.1 Å². The summed E-state index contributed by atoms with van der Waals surface area (Å²) in [4.78, 5) is 47.5. The first-order chi connectivity index (χ1) is 9.99. The Morgan fingerprint density at radius 3 is 2.48 bits per heavy atom. The minimum absolute atomic E-state index is 0.230. The van der Waals surface area contributed by atoms with Crippen molar-refractivity contribution in [1.29, 1.82) is 0 Å². The number of hydrogen-bond donors (Lipinski definition) is 2. The summed E-state index contributed by atoms with van der Waals surface area (Å²) in [5.41, 5.74) is 5.81. The molecule has 6 amide bonds. The van der Waals surface area contributed by atoms with Crippen molar-refractivity contribution in [3.63, 3.8) is 0 Å². The van der Waals surface area contributed by atoms with Crippen molar-refractivity contribution in [3.8, 4) is 0 Å². The van der Waals surface area contributed by atoms with Gasteiger partial charge in [0, 0.05) is 6.54 Å². The van der Waals surface area contributed by atoms with Crippen molar-refractivity contribution in [3.05, 3.63) is 35.9 Å². The SMILES string of the molecule is NC(=O)CN1C(=O)CN(C(=O)NCc2ccccc2)C1=O.